The predicted molar refractivity (Wildman–Crippen MR) is 338 cm³/mol. The molecule has 27 heteroatoms. The number of hydrogen-bond donors (Lipinski definition) is 14. The Bertz CT molecular complexity index is 2870. The van der Waals surface area contributed by atoms with E-state index in [0.29, 0.717) is 25.7 Å². The molecule has 1 aliphatic heterocycles. The molecule has 11 amide bonds. The number of hydrogen-bond acceptors (Lipinski definition) is 16. The van der Waals surface area contributed by atoms with Gasteiger partial charge in [-0.2, -0.15) is 0 Å². The van der Waals surface area contributed by atoms with Crippen LogP contribution in [0.4, 0.5) is 0 Å². The highest BCUT2D eigenvalue weighted by Crippen LogP contribution is 2.29. The molecule has 2 aliphatic rings. The zero-order valence-corrected chi connectivity index (χ0v) is 54.6. The number of fused-ring (bicyclic) bond motifs is 1. The first-order chi connectivity index (χ1) is 43.1. The number of esters is 1. The number of cyclic esters (lactones) is 1. The number of aliphatic hydroxyl groups excluding tert-OH is 2. The van der Waals surface area contributed by atoms with Crippen LogP contribution >= 0.6 is 0 Å². The highest BCUT2D eigenvalue weighted by Gasteiger charge is 2.46. The number of benzene rings is 2. The molecule has 2 aromatic rings. The molecule has 2 fully saturated rings. The number of rotatable bonds is 30. The zero-order chi connectivity index (χ0) is 67.9. The Balaban J connectivity index is 1.52. The van der Waals surface area contributed by atoms with Crippen LogP contribution in [0.2, 0.25) is 0 Å². The third-order valence-corrected chi connectivity index (χ3v) is 17.9. The summed E-state index contributed by atoms with van der Waals surface area (Å²) < 4.78 is 5.80. The van der Waals surface area contributed by atoms with Crippen molar-refractivity contribution in [2.24, 2.45) is 29.4 Å². The average molecular weight is 1280 g/mol. The molecule has 4 rings (SSSR count). The van der Waals surface area contributed by atoms with Gasteiger partial charge in [-0.15, -0.1) is 0 Å². The van der Waals surface area contributed by atoms with Gasteiger partial charge >= 0.3 is 5.97 Å². The Labute approximate surface area is 533 Å². The molecular weight excluding hydrogens is 1180 g/mol. The Kier molecular flexibility index (Phi) is 30.2. The molecule has 1 heterocycles. The van der Waals surface area contributed by atoms with E-state index in [-0.39, 0.29) is 32.1 Å². The van der Waals surface area contributed by atoms with Crippen molar-refractivity contribution in [1.29, 1.82) is 0 Å². The quantitative estimate of drug-likeness (QED) is 0.0456. The number of amides is 11. The molecule has 506 valence electrons. The number of nitrogens with two attached hydrogens (primary N) is 1. The van der Waals surface area contributed by atoms with Crippen molar-refractivity contribution >= 4 is 81.7 Å². The smallest absolute Gasteiger partial charge is 0.329 e. The topological polar surface area (TPSA) is 413 Å². The standard InChI is InChI=1S/C64H100N12O15/c1-12-34(5)48(72-55(82)44(66-11)31-40-24-25-41-22-18-19-23-42(41)30-40)58(85)69-45(32-77)56(83)68-43(26-27-47(65)79)54(81)71-50(36(7)14-3)60(87)73-49(35(6)13-2)59(86)70-46(33-78)57(84)74-52-39(10)91-62(89)51(37(8)15-4)75-63(90)64(28-20-16-17-21-29-64)76-53(80)38(9)67-61(52)88/h18-19,22-25,30,34-39,43-46,48-52,66,77-78H,12-17,20-21,26-29,31-33H2,1-11H3,(H2,65,79)(H,67,88)(H,68,83)(H,69,85)(H,70,86)(H,71,81)(H,72,82)(H,73,87)(H,74,84)(H,75,90)(H,76,80)/t34-,35-,36-,37-,38-,39-,43+,44+,45-,46-,48-,49-,50+,51-,52+/m0/s1. The van der Waals surface area contributed by atoms with Gasteiger partial charge in [0.1, 0.15) is 66.0 Å². The number of primary amides is 1. The molecule has 1 aliphatic carbocycles. The fourth-order valence-corrected chi connectivity index (χ4v) is 10.9. The Morgan fingerprint density at radius 3 is 1.59 bits per heavy atom. The van der Waals surface area contributed by atoms with E-state index < -0.39 is 193 Å². The van der Waals surface area contributed by atoms with E-state index in [4.69, 9.17) is 10.5 Å². The number of nitrogens with one attached hydrogen (secondary N) is 11. The SMILES string of the molecule is CC[C@H](C)[C@H](NC(=O)[C@@H](Cc1ccc2ccccc2c1)NC)C(=O)N[C@@H](CO)C(=O)N[C@H](CCC(N)=O)C(=O)N[C@@H](C(=O)N[C@H](C(=O)N[C@@H](CO)C(=O)N[C@H]1C(=O)N[C@@H](C)C(=O)NC2(CCCCCC2)C(=O)N[C@@H]([C@@H](C)CC)C(=O)O[C@H]1C)[C@@H](C)CC)[C@@H](C)CC. The molecule has 1 saturated heterocycles. The maximum absolute atomic E-state index is 14.5. The van der Waals surface area contributed by atoms with Gasteiger partial charge in [-0.05, 0) is 86.6 Å². The van der Waals surface area contributed by atoms with Crippen LogP contribution in [0.25, 0.3) is 10.8 Å². The molecule has 0 radical (unpaired) electrons. The third-order valence-electron chi connectivity index (χ3n) is 17.9. The van der Waals surface area contributed by atoms with Crippen LogP contribution in [0.15, 0.2) is 42.5 Å². The van der Waals surface area contributed by atoms with Crippen molar-refractivity contribution in [1.82, 2.24) is 58.5 Å². The van der Waals surface area contributed by atoms with Gasteiger partial charge in [-0.1, -0.05) is 149 Å². The van der Waals surface area contributed by atoms with Crippen molar-refractivity contribution in [3.8, 4) is 0 Å². The minimum atomic E-state index is -1.80. The summed E-state index contributed by atoms with van der Waals surface area (Å²) in [6, 6.07) is -0.554. The lowest BCUT2D eigenvalue weighted by Gasteiger charge is -2.35. The van der Waals surface area contributed by atoms with Gasteiger partial charge in [-0.3, -0.25) is 52.7 Å². The minimum Gasteiger partial charge on any atom is -0.458 e. The summed E-state index contributed by atoms with van der Waals surface area (Å²) in [5.41, 5.74) is 4.95. The molecule has 27 nitrogen and oxygen atoms in total. The molecule has 15 atom stereocenters. The molecule has 1 saturated carbocycles. The second-order valence-electron chi connectivity index (χ2n) is 24.6. The van der Waals surface area contributed by atoms with Gasteiger partial charge in [0.15, 0.2) is 0 Å². The molecule has 0 bridgehead atoms. The predicted octanol–water partition coefficient (Wildman–Crippen LogP) is -0.0576. The number of ether oxygens (including phenoxy) is 1. The van der Waals surface area contributed by atoms with Gasteiger partial charge in [0.25, 0.3) is 0 Å². The monoisotopic (exact) mass is 1280 g/mol. The fourth-order valence-electron chi connectivity index (χ4n) is 10.9. The highest BCUT2D eigenvalue weighted by molar-refractivity contribution is 6.00. The Morgan fingerprint density at radius 1 is 0.604 bits per heavy atom. The van der Waals surface area contributed by atoms with Gasteiger partial charge in [-0.25, -0.2) is 4.79 Å². The average Bonchev–Trinajstić information content (AvgIpc) is 3.37. The van der Waals surface area contributed by atoms with Crippen LogP contribution in [0.3, 0.4) is 0 Å². The van der Waals surface area contributed by atoms with Gasteiger partial charge < -0.3 is 79.2 Å². The van der Waals surface area contributed by atoms with Crippen LogP contribution in [-0.2, 0) is 68.7 Å². The van der Waals surface area contributed by atoms with E-state index in [1.807, 2.05) is 42.5 Å². The zero-order valence-electron chi connectivity index (χ0n) is 54.6. The Morgan fingerprint density at radius 2 is 1.09 bits per heavy atom. The lowest BCUT2D eigenvalue weighted by molar-refractivity contribution is -0.157. The van der Waals surface area contributed by atoms with Crippen molar-refractivity contribution in [2.75, 3.05) is 20.3 Å². The molecular formula is C64H100N12O15. The normalized spacial score (nSPS) is 21.6. The van der Waals surface area contributed by atoms with Crippen LogP contribution in [-0.4, -0.2) is 173 Å². The van der Waals surface area contributed by atoms with Crippen molar-refractivity contribution in [3.05, 3.63) is 48.0 Å². The van der Waals surface area contributed by atoms with Crippen molar-refractivity contribution in [2.45, 2.75) is 225 Å². The molecule has 1 spiro atoms. The first-order valence-corrected chi connectivity index (χ1v) is 32.0. The van der Waals surface area contributed by atoms with Gasteiger partial charge in [0.2, 0.25) is 65.0 Å². The van der Waals surface area contributed by atoms with E-state index in [0.717, 1.165) is 29.2 Å². The number of carbonyl (C=O) groups excluding carboxylic acids is 12. The Hall–Kier alpha value is -7.78. The lowest BCUT2D eigenvalue weighted by atomic mass is 9.87. The van der Waals surface area contributed by atoms with E-state index >= 15 is 0 Å². The van der Waals surface area contributed by atoms with E-state index in [9.17, 15) is 67.7 Å². The maximum Gasteiger partial charge on any atom is 0.329 e. The molecule has 15 N–H and O–H groups in total. The summed E-state index contributed by atoms with van der Waals surface area (Å²) in [4.78, 5) is 167. The second kappa shape index (κ2) is 36.3. The van der Waals surface area contributed by atoms with Crippen LogP contribution in [0.1, 0.15) is 152 Å². The molecule has 0 aromatic heterocycles. The first kappa shape index (κ1) is 75.7. The molecule has 0 unspecified atom stereocenters. The number of likely N-dealkylation sites (N-methyl/N-ethyl adjacent to an activating group) is 1. The number of carbonyl (C=O) groups is 12. The summed E-state index contributed by atoms with van der Waals surface area (Å²) in [6.07, 6.45) is 2.78. The van der Waals surface area contributed by atoms with Crippen molar-refractivity contribution < 1.29 is 72.5 Å². The third kappa shape index (κ3) is 21.4. The summed E-state index contributed by atoms with van der Waals surface area (Å²) in [7, 11) is 1.61. The van der Waals surface area contributed by atoms with E-state index in [1.165, 1.54) is 13.8 Å². The lowest BCUT2D eigenvalue weighted by Crippen LogP contribution is -2.64. The van der Waals surface area contributed by atoms with Gasteiger partial charge in [0, 0.05) is 6.42 Å². The summed E-state index contributed by atoms with van der Waals surface area (Å²) in [6.45, 7) is 14.4. The van der Waals surface area contributed by atoms with Crippen LogP contribution < -0.4 is 64.2 Å². The van der Waals surface area contributed by atoms with Crippen molar-refractivity contribution in [3.63, 3.8) is 0 Å². The molecule has 91 heavy (non-hydrogen) atoms. The largest absolute Gasteiger partial charge is 0.458 e. The van der Waals surface area contributed by atoms with E-state index in [1.54, 1.807) is 62.4 Å². The highest BCUT2D eigenvalue weighted by atomic mass is 16.5. The maximum atomic E-state index is 14.5. The van der Waals surface area contributed by atoms with Crippen LogP contribution in [0.5, 0.6) is 0 Å². The number of aliphatic hydroxyl groups is 2. The summed E-state index contributed by atoms with van der Waals surface area (Å²) in [5, 5.41) is 52.2. The van der Waals surface area contributed by atoms with E-state index in [2.05, 4.69) is 58.5 Å². The summed E-state index contributed by atoms with van der Waals surface area (Å²) >= 11 is 0. The summed E-state index contributed by atoms with van der Waals surface area (Å²) in [5.74, 6) is -12.7. The second-order valence-corrected chi connectivity index (χ2v) is 24.6. The minimum absolute atomic E-state index is 0.265. The fraction of sp³-hybridized carbons (Fsp3) is 0.656. The van der Waals surface area contributed by atoms with Crippen LogP contribution in [0, 0.1) is 23.7 Å². The molecule has 2 aromatic carbocycles. The van der Waals surface area contributed by atoms with Gasteiger partial charge in [0.05, 0.1) is 19.3 Å². The first-order valence-electron chi connectivity index (χ1n) is 32.0.